The number of ether oxygens (including phenoxy) is 1. The number of nitrogens with one attached hydrogen (secondary N) is 1. The minimum atomic E-state index is -3.79. The first-order chi connectivity index (χ1) is 14.1. The first-order valence-electron chi connectivity index (χ1n) is 8.87. The Balaban J connectivity index is 1.74. The quantitative estimate of drug-likeness (QED) is 0.711. The van der Waals surface area contributed by atoms with E-state index in [2.05, 4.69) is 10.3 Å². The summed E-state index contributed by atoms with van der Waals surface area (Å²) in [7, 11) is 0.365. The van der Waals surface area contributed by atoms with Crippen molar-refractivity contribution in [2.24, 2.45) is 0 Å². The maximum atomic E-state index is 14.5. The number of thiazole rings is 1. The Morgan fingerprint density at radius 3 is 2.57 bits per heavy atom. The summed E-state index contributed by atoms with van der Waals surface area (Å²) in [6, 6.07) is 3.80. The summed E-state index contributed by atoms with van der Waals surface area (Å²) < 4.78 is 45.2. The van der Waals surface area contributed by atoms with Gasteiger partial charge in [0.2, 0.25) is 0 Å². The van der Waals surface area contributed by atoms with E-state index in [4.69, 9.17) is 16.3 Å². The summed E-state index contributed by atoms with van der Waals surface area (Å²) in [4.78, 5) is 19.5. The lowest BCUT2D eigenvalue weighted by molar-refractivity contribution is 0.122. The van der Waals surface area contributed by atoms with Crippen LogP contribution < -0.4 is 15.1 Å². The zero-order valence-corrected chi connectivity index (χ0v) is 18.9. The van der Waals surface area contributed by atoms with E-state index in [1.54, 1.807) is 12.1 Å². The molecule has 1 aliphatic rings. The number of carbonyl (C=O) groups is 1. The van der Waals surface area contributed by atoms with Crippen LogP contribution in [0.15, 0.2) is 22.4 Å². The lowest BCUT2D eigenvalue weighted by Crippen LogP contribution is -2.36. The molecule has 1 aromatic carbocycles. The number of benzene rings is 1. The number of anilines is 3. The average molecular weight is 478 g/mol. The van der Waals surface area contributed by atoms with Gasteiger partial charge in [0.1, 0.15) is 5.82 Å². The van der Waals surface area contributed by atoms with Crippen LogP contribution in [0.2, 0.25) is 5.15 Å². The van der Waals surface area contributed by atoms with Crippen LogP contribution in [0.25, 0.3) is 0 Å². The van der Waals surface area contributed by atoms with Gasteiger partial charge < -0.3 is 15.0 Å². The van der Waals surface area contributed by atoms with Crippen molar-refractivity contribution in [3.05, 3.63) is 29.2 Å². The number of halogens is 2. The summed E-state index contributed by atoms with van der Waals surface area (Å²) in [5.74, 6) is -0.464. The predicted octanol–water partition coefficient (Wildman–Crippen LogP) is 2.69. The number of hydrogen-bond acceptors (Lipinski definition) is 7. The van der Waals surface area contributed by atoms with Gasteiger partial charge in [-0.1, -0.05) is 22.9 Å². The Morgan fingerprint density at radius 2 is 1.97 bits per heavy atom. The number of sulfonamides is 1. The van der Waals surface area contributed by atoms with Crippen molar-refractivity contribution >= 4 is 55.5 Å². The molecule has 9 nitrogen and oxygen atoms in total. The number of carbonyl (C=O) groups excluding carboxylic acids is 1. The van der Waals surface area contributed by atoms with E-state index in [-0.39, 0.29) is 20.2 Å². The van der Waals surface area contributed by atoms with Crippen LogP contribution in [0, 0.1) is 5.82 Å². The summed E-state index contributed by atoms with van der Waals surface area (Å²) in [6.45, 7) is 2.25. The van der Waals surface area contributed by atoms with Gasteiger partial charge in [-0.3, -0.25) is 4.90 Å². The number of morpholine rings is 1. The van der Waals surface area contributed by atoms with Crippen LogP contribution in [0.5, 0.6) is 0 Å². The summed E-state index contributed by atoms with van der Waals surface area (Å²) in [5.41, 5.74) is 0.694. The van der Waals surface area contributed by atoms with E-state index in [1.165, 1.54) is 27.2 Å². The van der Waals surface area contributed by atoms with Gasteiger partial charge in [-0.05, 0) is 18.2 Å². The smallest absolute Gasteiger partial charge is 0.327 e. The van der Waals surface area contributed by atoms with Crippen LogP contribution in [0.3, 0.4) is 0 Å². The van der Waals surface area contributed by atoms with Crippen molar-refractivity contribution in [3.63, 3.8) is 0 Å². The first kappa shape index (κ1) is 22.7. The molecule has 0 bridgehead atoms. The fourth-order valence-electron chi connectivity index (χ4n) is 2.69. The Kier molecular flexibility index (Phi) is 6.82. The molecule has 3 rings (SSSR count). The first-order valence-corrected chi connectivity index (χ1v) is 11.5. The Labute approximate surface area is 183 Å². The summed E-state index contributed by atoms with van der Waals surface area (Å²) >= 11 is 6.73. The molecule has 0 unspecified atom stereocenters. The standard InChI is InChI=1S/C17H21ClFN5O4S2/c1-22(2)30(26,27)15-14(18)21-17(29-15)23(3)16(25)20-11-4-5-13(12(19)10-11)24-6-8-28-9-7-24/h4-5,10H,6-9H2,1-3H3,(H,20,25). The highest BCUT2D eigenvalue weighted by atomic mass is 35.5. The normalized spacial score (nSPS) is 14.8. The number of urea groups is 1. The molecule has 0 aliphatic carbocycles. The third-order valence-corrected chi connectivity index (χ3v) is 8.33. The maximum Gasteiger partial charge on any atom is 0.327 e. The zero-order valence-electron chi connectivity index (χ0n) is 16.6. The highest BCUT2D eigenvalue weighted by Crippen LogP contribution is 2.34. The zero-order chi connectivity index (χ0) is 22.1. The lowest BCUT2D eigenvalue weighted by atomic mass is 10.2. The second-order valence-electron chi connectivity index (χ2n) is 6.62. The van der Waals surface area contributed by atoms with Crippen LogP contribution in [0.1, 0.15) is 0 Å². The van der Waals surface area contributed by atoms with Gasteiger partial charge in [-0.2, -0.15) is 0 Å². The van der Waals surface area contributed by atoms with E-state index in [1.807, 2.05) is 4.90 Å². The molecular formula is C17H21ClFN5O4S2. The second kappa shape index (κ2) is 9.02. The van der Waals surface area contributed by atoms with E-state index >= 15 is 0 Å². The minimum absolute atomic E-state index is 0.0864. The number of aromatic nitrogens is 1. The number of nitrogens with zero attached hydrogens (tertiary/aromatic N) is 4. The highest BCUT2D eigenvalue weighted by molar-refractivity contribution is 7.91. The third-order valence-electron chi connectivity index (χ3n) is 4.40. The Hall–Kier alpha value is -1.99. The van der Waals surface area contributed by atoms with Crippen molar-refractivity contribution in [2.75, 3.05) is 62.6 Å². The van der Waals surface area contributed by atoms with Crippen LogP contribution in [0.4, 0.5) is 25.7 Å². The Morgan fingerprint density at radius 1 is 1.30 bits per heavy atom. The fourth-order valence-corrected chi connectivity index (χ4v) is 5.56. The maximum absolute atomic E-state index is 14.5. The average Bonchev–Trinajstić information content (AvgIpc) is 3.10. The summed E-state index contributed by atoms with van der Waals surface area (Å²) in [6.07, 6.45) is 0. The molecule has 0 spiro atoms. The molecule has 1 N–H and O–H groups in total. The van der Waals surface area contributed by atoms with Gasteiger partial charge >= 0.3 is 6.03 Å². The van der Waals surface area contributed by atoms with Crippen molar-refractivity contribution in [2.45, 2.75) is 4.21 Å². The van der Waals surface area contributed by atoms with Gasteiger partial charge in [0.15, 0.2) is 14.5 Å². The largest absolute Gasteiger partial charge is 0.378 e. The molecule has 1 saturated heterocycles. The molecule has 0 atom stereocenters. The van der Waals surface area contributed by atoms with Gasteiger partial charge in [0.05, 0.1) is 18.9 Å². The van der Waals surface area contributed by atoms with E-state index in [0.29, 0.717) is 32.0 Å². The molecule has 13 heteroatoms. The number of hydrogen-bond donors (Lipinski definition) is 1. The lowest BCUT2D eigenvalue weighted by Gasteiger charge is -2.29. The van der Waals surface area contributed by atoms with Crippen LogP contribution in [-0.4, -0.2) is 71.2 Å². The molecule has 30 heavy (non-hydrogen) atoms. The van der Waals surface area contributed by atoms with Crippen molar-refractivity contribution < 1.29 is 22.3 Å². The highest BCUT2D eigenvalue weighted by Gasteiger charge is 2.28. The molecule has 1 aromatic heterocycles. The third kappa shape index (κ3) is 4.67. The van der Waals surface area contributed by atoms with Crippen molar-refractivity contribution in [1.29, 1.82) is 0 Å². The molecule has 0 radical (unpaired) electrons. The van der Waals surface area contributed by atoms with E-state index in [9.17, 15) is 17.6 Å². The molecule has 2 heterocycles. The van der Waals surface area contributed by atoms with Gasteiger partial charge in [0, 0.05) is 39.9 Å². The fraction of sp³-hybridized carbons (Fsp3) is 0.412. The molecule has 2 aromatic rings. The topological polar surface area (TPSA) is 95.1 Å². The SMILES string of the molecule is CN(C(=O)Nc1ccc(N2CCOCC2)c(F)c1)c1nc(Cl)c(S(=O)(=O)N(C)C)s1. The summed E-state index contributed by atoms with van der Waals surface area (Å²) in [5, 5.41) is 2.44. The van der Waals surface area contributed by atoms with Crippen LogP contribution >= 0.6 is 22.9 Å². The van der Waals surface area contributed by atoms with E-state index in [0.717, 1.165) is 20.5 Å². The van der Waals surface area contributed by atoms with Gasteiger partial charge in [-0.25, -0.2) is 26.9 Å². The molecular weight excluding hydrogens is 457 g/mol. The molecule has 1 aliphatic heterocycles. The van der Waals surface area contributed by atoms with Gasteiger partial charge in [0.25, 0.3) is 10.0 Å². The molecule has 0 saturated carbocycles. The van der Waals surface area contributed by atoms with Gasteiger partial charge in [-0.15, -0.1) is 0 Å². The van der Waals surface area contributed by atoms with Crippen LogP contribution in [-0.2, 0) is 14.8 Å². The van der Waals surface area contributed by atoms with Crippen molar-refractivity contribution in [1.82, 2.24) is 9.29 Å². The molecule has 164 valence electrons. The van der Waals surface area contributed by atoms with Crippen molar-refractivity contribution in [3.8, 4) is 0 Å². The monoisotopic (exact) mass is 477 g/mol. The molecule has 2 amide bonds. The second-order valence-corrected chi connectivity index (χ2v) is 10.3. The number of rotatable bonds is 5. The predicted molar refractivity (Wildman–Crippen MR) is 115 cm³/mol. The number of amides is 2. The minimum Gasteiger partial charge on any atom is -0.378 e. The molecule has 1 fully saturated rings. The van der Waals surface area contributed by atoms with E-state index < -0.39 is 21.9 Å². The Bertz CT molecular complexity index is 1040.